The fourth-order valence-corrected chi connectivity index (χ4v) is 1.60. The second-order valence-electron chi connectivity index (χ2n) is 4.10. The number of rotatable bonds is 4. The maximum absolute atomic E-state index is 11.0. The molecule has 1 aromatic heterocycles. The first-order valence-corrected chi connectivity index (χ1v) is 5.44. The number of carbonyl (C=O) groups is 1. The van der Waals surface area contributed by atoms with E-state index in [1.807, 2.05) is 26.0 Å². The first-order valence-electron chi connectivity index (χ1n) is 5.44. The summed E-state index contributed by atoms with van der Waals surface area (Å²) in [6.07, 6.45) is 0.113. The molecule has 4 heteroatoms. The van der Waals surface area contributed by atoms with Crippen molar-refractivity contribution < 1.29 is 19.1 Å². The molecule has 0 unspecified atom stereocenters. The summed E-state index contributed by atoms with van der Waals surface area (Å²) in [5.74, 6) is -0.344. The quantitative estimate of drug-likeness (QED) is 0.883. The molecule has 2 aromatic rings. The Kier molecular flexibility index (Phi) is 3.15. The molecule has 1 N–H and O–H groups in total. The van der Waals surface area contributed by atoms with E-state index in [0.717, 1.165) is 5.39 Å². The van der Waals surface area contributed by atoms with E-state index < -0.39 is 5.97 Å². The van der Waals surface area contributed by atoms with Crippen molar-refractivity contribution in [2.45, 2.75) is 26.6 Å². The number of ether oxygens (including phenoxy) is 1. The van der Waals surface area contributed by atoms with E-state index in [2.05, 4.69) is 0 Å². The monoisotopic (exact) mass is 234 g/mol. The Labute approximate surface area is 98.8 Å². The lowest BCUT2D eigenvalue weighted by molar-refractivity contribution is 0.0551. The van der Waals surface area contributed by atoms with Crippen molar-refractivity contribution >= 4 is 16.9 Å². The van der Waals surface area contributed by atoms with Gasteiger partial charge in [0.05, 0.1) is 6.10 Å². The fourth-order valence-electron chi connectivity index (χ4n) is 1.60. The van der Waals surface area contributed by atoms with Gasteiger partial charge >= 0.3 is 5.97 Å². The van der Waals surface area contributed by atoms with Gasteiger partial charge in [0.15, 0.2) is 0 Å². The van der Waals surface area contributed by atoms with E-state index in [9.17, 15) is 4.79 Å². The van der Waals surface area contributed by atoms with Crippen LogP contribution in [0.3, 0.4) is 0 Å². The van der Waals surface area contributed by atoms with Crippen molar-refractivity contribution in [2.75, 3.05) is 0 Å². The molecule has 1 aromatic carbocycles. The number of carboxylic acids is 1. The smallest absolute Gasteiger partial charge is 0.339 e. The highest BCUT2D eigenvalue weighted by molar-refractivity contribution is 6.01. The van der Waals surface area contributed by atoms with Gasteiger partial charge in [-0.15, -0.1) is 0 Å². The van der Waals surface area contributed by atoms with Crippen LogP contribution >= 0.6 is 0 Å². The summed E-state index contributed by atoms with van der Waals surface area (Å²) in [5, 5.41) is 9.80. The topological polar surface area (TPSA) is 59.7 Å². The van der Waals surface area contributed by atoms with Crippen LogP contribution in [-0.2, 0) is 11.3 Å². The van der Waals surface area contributed by atoms with Crippen LogP contribution in [0.5, 0.6) is 0 Å². The van der Waals surface area contributed by atoms with Crippen LogP contribution in [-0.4, -0.2) is 17.2 Å². The molecule has 2 rings (SSSR count). The number of aromatic carboxylic acids is 1. The molecule has 1 heterocycles. The third-order valence-corrected chi connectivity index (χ3v) is 2.38. The molecule has 0 radical (unpaired) electrons. The van der Waals surface area contributed by atoms with Gasteiger partial charge in [-0.2, -0.15) is 0 Å². The van der Waals surface area contributed by atoms with Crippen LogP contribution in [0.15, 0.2) is 28.7 Å². The number of fused-ring (bicyclic) bond motifs is 1. The summed E-state index contributed by atoms with van der Waals surface area (Å²) in [6.45, 7) is 4.22. The van der Waals surface area contributed by atoms with Gasteiger partial charge in [-0.3, -0.25) is 0 Å². The lowest BCUT2D eigenvalue weighted by Gasteiger charge is -2.03. The predicted molar refractivity (Wildman–Crippen MR) is 63.1 cm³/mol. The van der Waals surface area contributed by atoms with Gasteiger partial charge in [-0.05, 0) is 26.0 Å². The maximum Gasteiger partial charge on any atom is 0.339 e. The highest BCUT2D eigenvalue weighted by Crippen LogP contribution is 2.23. The van der Waals surface area contributed by atoms with Crippen molar-refractivity contribution in [1.29, 1.82) is 0 Å². The van der Waals surface area contributed by atoms with Crippen LogP contribution in [0.1, 0.15) is 30.0 Å². The molecule has 0 aliphatic heterocycles. The van der Waals surface area contributed by atoms with E-state index in [1.165, 1.54) is 6.07 Å². The summed E-state index contributed by atoms with van der Waals surface area (Å²) in [7, 11) is 0. The van der Waals surface area contributed by atoms with E-state index in [1.54, 1.807) is 6.07 Å². The largest absolute Gasteiger partial charge is 0.478 e. The normalized spacial score (nSPS) is 11.2. The number of benzene rings is 1. The van der Waals surface area contributed by atoms with Gasteiger partial charge in [0, 0.05) is 5.39 Å². The lowest BCUT2D eigenvalue weighted by atomic mass is 10.1. The minimum absolute atomic E-state index is 0.113. The summed E-state index contributed by atoms with van der Waals surface area (Å²) in [4.78, 5) is 11.0. The minimum Gasteiger partial charge on any atom is -0.478 e. The molecule has 0 amide bonds. The van der Waals surface area contributed by atoms with Crippen LogP contribution in [0.4, 0.5) is 0 Å². The first kappa shape index (κ1) is 11.7. The zero-order chi connectivity index (χ0) is 12.4. The Morgan fingerprint density at radius 1 is 1.47 bits per heavy atom. The Morgan fingerprint density at radius 3 is 2.88 bits per heavy atom. The predicted octanol–water partition coefficient (Wildman–Crippen LogP) is 3.06. The molecular formula is C13H14O4. The molecule has 0 aliphatic rings. The summed E-state index contributed by atoms with van der Waals surface area (Å²) >= 11 is 0. The number of hydrogen-bond donors (Lipinski definition) is 1. The van der Waals surface area contributed by atoms with Crippen molar-refractivity contribution in [3.63, 3.8) is 0 Å². The van der Waals surface area contributed by atoms with Crippen LogP contribution < -0.4 is 0 Å². The second kappa shape index (κ2) is 4.59. The average molecular weight is 234 g/mol. The molecular weight excluding hydrogens is 220 g/mol. The van der Waals surface area contributed by atoms with Gasteiger partial charge in [-0.1, -0.05) is 12.1 Å². The molecule has 4 nitrogen and oxygen atoms in total. The van der Waals surface area contributed by atoms with Gasteiger partial charge in [0.2, 0.25) is 0 Å². The van der Waals surface area contributed by atoms with Crippen molar-refractivity contribution in [3.8, 4) is 0 Å². The zero-order valence-corrected chi connectivity index (χ0v) is 9.77. The average Bonchev–Trinajstić information content (AvgIpc) is 2.68. The SMILES string of the molecule is CC(C)OCc1cc2cccc(C(=O)O)c2o1. The number of carboxylic acid groups (broad SMARTS) is 1. The number of furan rings is 1. The molecule has 0 saturated heterocycles. The molecule has 0 saturated carbocycles. The summed E-state index contributed by atoms with van der Waals surface area (Å²) < 4.78 is 10.9. The number of hydrogen-bond acceptors (Lipinski definition) is 3. The highest BCUT2D eigenvalue weighted by Gasteiger charge is 2.13. The van der Waals surface area contributed by atoms with Gasteiger partial charge < -0.3 is 14.3 Å². The molecule has 90 valence electrons. The Morgan fingerprint density at radius 2 is 2.24 bits per heavy atom. The first-order chi connectivity index (χ1) is 8.08. The van der Waals surface area contributed by atoms with Crippen molar-refractivity contribution in [2.24, 2.45) is 0 Å². The minimum atomic E-state index is -0.985. The van der Waals surface area contributed by atoms with Gasteiger partial charge in [0.25, 0.3) is 0 Å². The summed E-state index contributed by atoms with van der Waals surface area (Å²) in [5.41, 5.74) is 0.584. The van der Waals surface area contributed by atoms with E-state index in [0.29, 0.717) is 18.0 Å². The van der Waals surface area contributed by atoms with E-state index >= 15 is 0 Å². The lowest BCUT2D eigenvalue weighted by Crippen LogP contribution is -2.01. The Balaban J connectivity index is 2.36. The van der Waals surface area contributed by atoms with Gasteiger partial charge in [-0.25, -0.2) is 4.79 Å². The highest BCUT2D eigenvalue weighted by atomic mass is 16.5. The van der Waals surface area contributed by atoms with E-state index in [-0.39, 0.29) is 11.7 Å². The van der Waals surface area contributed by atoms with Crippen molar-refractivity contribution in [1.82, 2.24) is 0 Å². The van der Waals surface area contributed by atoms with Crippen molar-refractivity contribution in [3.05, 3.63) is 35.6 Å². The molecule has 0 atom stereocenters. The Bertz CT molecular complexity index is 539. The third kappa shape index (κ3) is 2.47. The molecule has 17 heavy (non-hydrogen) atoms. The van der Waals surface area contributed by atoms with Crippen LogP contribution in [0.25, 0.3) is 11.0 Å². The molecule has 0 spiro atoms. The fraction of sp³-hybridized carbons (Fsp3) is 0.308. The van der Waals surface area contributed by atoms with Gasteiger partial charge in [0.1, 0.15) is 23.5 Å². The molecule has 0 bridgehead atoms. The maximum atomic E-state index is 11.0. The van der Waals surface area contributed by atoms with E-state index in [4.69, 9.17) is 14.3 Å². The second-order valence-corrected chi connectivity index (χ2v) is 4.10. The van der Waals surface area contributed by atoms with Crippen LogP contribution in [0.2, 0.25) is 0 Å². The van der Waals surface area contributed by atoms with Crippen LogP contribution in [0, 0.1) is 0 Å². The third-order valence-electron chi connectivity index (χ3n) is 2.38. The standard InChI is InChI=1S/C13H14O4/c1-8(2)16-7-10-6-9-4-3-5-11(13(14)15)12(9)17-10/h3-6,8H,7H2,1-2H3,(H,14,15). The summed E-state index contributed by atoms with van der Waals surface area (Å²) in [6, 6.07) is 6.87. The zero-order valence-electron chi connectivity index (χ0n) is 9.77. The Hall–Kier alpha value is -1.81. The number of para-hydroxylation sites is 1. The molecule has 0 aliphatic carbocycles. The molecule has 0 fully saturated rings.